The maximum atomic E-state index is 12.8. The molecule has 0 spiro atoms. The van der Waals surface area contributed by atoms with Gasteiger partial charge in [0, 0.05) is 24.7 Å². The molecule has 0 bridgehead atoms. The van der Waals surface area contributed by atoms with Crippen LogP contribution in [0.3, 0.4) is 0 Å². The van der Waals surface area contributed by atoms with Gasteiger partial charge in [0.05, 0.1) is 0 Å². The molecule has 0 aliphatic carbocycles. The molecule has 5 nitrogen and oxygen atoms in total. The van der Waals surface area contributed by atoms with E-state index in [1.165, 1.54) is 12.3 Å². The fourth-order valence-electron chi connectivity index (χ4n) is 2.07. The van der Waals surface area contributed by atoms with Crippen molar-refractivity contribution >= 4 is 0 Å². The van der Waals surface area contributed by atoms with Crippen LogP contribution in [0.1, 0.15) is 24.6 Å². The van der Waals surface area contributed by atoms with Crippen LogP contribution >= 0.6 is 0 Å². The molecule has 1 unspecified atom stereocenters. The second-order valence-corrected chi connectivity index (χ2v) is 4.23. The molecule has 1 atom stereocenters. The van der Waals surface area contributed by atoms with Crippen molar-refractivity contribution in [2.75, 3.05) is 13.1 Å². The maximum absolute atomic E-state index is 12.8. The third-order valence-corrected chi connectivity index (χ3v) is 2.98. The Kier molecular flexibility index (Phi) is 2.64. The zero-order valence-electron chi connectivity index (χ0n) is 9.24. The molecule has 1 aliphatic rings. The van der Waals surface area contributed by atoms with Crippen LogP contribution in [0.5, 0.6) is 0 Å². The average Bonchev–Trinajstić information content (AvgIpc) is 2.98. The summed E-state index contributed by atoms with van der Waals surface area (Å²) in [5, 5.41) is 7.25. The first-order valence-electron chi connectivity index (χ1n) is 5.71. The first-order valence-corrected chi connectivity index (χ1v) is 5.71. The highest BCUT2D eigenvalue weighted by molar-refractivity contribution is 5.46. The summed E-state index contributed by atoms with van der Waals surface area (Å²) >= 11 is 0. The summed E-state index contributed by atoms with van der Waals surface area (Å²) in [5.74, 6) is 0.997. The summed E-state index contributed by atoms with van der Waals surface area (Å²) in [7, 11) is 0. The lowest BCUT2D eigenvalue weighted by molar-refractivity contribution is 0.392. The number of aromatic nitrogens is 3. The number of nitrogens with zero attached hydrogens (tertiary/aromatic N) is 2. The average molecular weight is 236 g/mol. The number of hydrogen-bond acceptors (Lipinski definition) is 4. The molecule has 1 saturated heterocycles. The van der Waals surface area contributed by atoms with E-state index in [9.17, 15) is 4.39 Å². The van der Waals surface area contributed by atoms with E-state index < -0.39 is 0 Å². The Hall–Kier alpha value is -1.69. The van der Waals surface area contributed by atoms with Crippen molar-refractivity contribution in [2.45, 2.75) is 18.8 Å². The van der Waals surface area contributed by atoms with Crippen LogP contribution < -0.4 is 5.32 Å². The number of aromatic amines is 1. The largest absolute Gasteiger partial charge is 0.355 e. The number of hydrogen-bond donors (Lipinski definition) is 2. The quantitative estimate of drug-likeness (QED) is 0.832. The lowest BCUT2D eigenvalue weighted by atomic mass is 9.99. The summed E-state index contributed by atoms with van der Waals surface area (Å²) < 4.78 is 18.0. The Labute approximate surface area is 97.4 Å². The molecule has 90 valence electrons. The minimum absolute atomic E-state index is 0.293. The van der Waals surface area contributed by atoms with Gasteiger partial charge in [0.1, 0.15) is 11.5 Å². The van der Waals surface area contributed by atoms with Gasteiger partial charge in [0.2, 0.25) is 0 Å². The molecule has 6 heteroatoms. The Morgan fingerprint density at radius 3 is 3.12 bits per heavy atom. The predicted molar refractivity (Wildman–Crippen MR) is 58.9 cm³/mol. The van der Waals surface area contributed by atoms with Gasteiger partial charge in [-0.3, -0.25) is 0 Å². The van der Waals surface area contributed by atoms with Crippen LogP contribution in [-0.4, -0.2) is 28.2 Å². The van der Waals surface area contributed by atoms with E-state index >= 15 is 0 Å². The maximum Gasteiger partial charge on any atom is 0.274 e. The van der Waals surface area contributed by atoms with Crippen molar-refractivity contribution < 1.29 is 8.91 Å². The molecule has 1 fully saturated rings. The molecule has 1 aliphatic heterocycles. The minimum atomic E-state index is -0.334. The van der Waals surface area contributed by atoms with E-state index in [2.05, 4.69) is 20.4 Å². The molecule has 0 aromatic carbocycles. The first kappa shape index (κ1) is 10.5. The van der Waals surface area contributed by atoms with Gasteiger partial charge in [-0.25, -0.2) is 4.39 Å². The molecule has 3 heterocycles. The second-order valence-electron chi connectivity index (χ2n) is 4.23. The highest BCUT2D eigenvalue weighted by Crippen LogP contribution is 2.23. The third-order valence-electron chi connectivity index (χ3n) is 2.98. The highest BCUT2D eigenvalue weighted by atomic mass is 19.1. The fraction of sp³-hybridized carbons (Fsp3) is 0.455. The Balaban J connectivity index is 1.82. The number of nitrogens with one attached hydrogen (secondary N) is 2. The standard InChI is InChI=1S/C11H13FN4O/c12-8-4-9(14-6-8)11-15-10(16-17-11)7-2-1-3-13-5-7/h4,6-7,13-14H,1-3,5H2. The van der Waals surface area contributed by atoms with Crippen LogP contribution in [0, 0.1) is 5.82 Å². The molecule has 3 rings (SSSR count). The summed E-state index contributed by atoms with van der Waals surface area (Å²) in [5.41, 5.74) is 0.519. The first-order chi connectivity index (χ1) is 8.33. The van der Waals surface area contributed by atoms with E-state index in [0.717, 1.165) is 25.9 Å². The van der Waals surface area contributed by atoms with Gasteiger partial charge in [-0.1, -0.05) is 5.16 Å². The molecular formula is C11H13FN4O. The third kappa shape index (κ3) is 2.08. The molecule has 17 heavy (non-hydrogen) atoms. The minimum Gasteiger partial charge on any atom is -0.355 e. The number of piperidine rings is 1. The summed E-state index contributed by atoms with van der Waals surface area (Å²) in [6, 6.07) is 1.34. The monoisotopic (exact) mass is 236 g/mol. The van der Waals surface area contributed by atoms with Crippen LogP contribution in [0.2, 0.25) is 0 Å². The van der Waals surface area contributed by atoms with Crippen molar-refractivity contribution in [3.8, 4) is 11.6 Å². The Bertz CT molecular complexity index is 501. The van der Waals surface area contributed by atoms with Gasteiger partial charge in [-0.2, -0.15) is 4.98 Å². The van der Waals surface area contributed by atoms with Gasteiger partial charge in [-0.15, -0.1) is 0 Å². The van der Waals surface area contributed by atoms with E-state index in [4.69, 9.17) is 4.52 Å². The lowest BCUT2D eigenvalue weighted by Crippen LogP contribution is -2.28. The Morgan fingerprint density at radius 1 is 1.47 bits per heavy atom. The molecular weight excluding hydrogens is 223 g/mol. The van der Waals surface area contributed by atoms with Gasteiger partial charge in [0.15, 0.2) is 5.82 Å². The molecule has 2 aromatic heterocycles. The summed E-state index contributed by atoms with van der Waals surface area (Å²) in [4.78, 5) is 7.05. The van der Waals surface area contributed by atoms with Gasteiger partial charge >= 0.3 is 0 Å². The topological polar surface area (TPSA) is 66.7 Å². The smallest absolute Gasteiger partial charge is 0.274 e. The van der Waals surface area contributed by atoms with Crippen LogP contribution in [0.4, 0.5) is 4.39 Å². The lowest BCUT2D eigenvalue weighted by Gasteiger charge is -2.19. The van der Waals surface area contributed by atoms with E-state index in [-0.39, 0.29) is 5.82 Å². The van der Waals surface area contributed by atoms with Crippen molar-refractivity contribution in [2.24, 2.45) is 0 Å². The zero-order chi connectivity index (χ0) is 11.7. The SMILES string of the molecule is Fc1c[nH]c(-c2nc(C3CCCNC3)no2)c1. The van der Waals surface area contributed by atoms with E-state index in [1.807, 2.05) is 0 Å². The zero-order valence-corrected chi connectivity index (χ0v) is 9.24. The molecule has 2 aromatic rings. The number of H-pyrrole nitrogens is 1. The summed E-state index contributed by atoms with van der Waals surface area (Å²) in [6.45, 7) is 1.92. The van der Waals surface area contributed by atoms with Gasteiger partial charge < -0.3 is 14.8 Å². The Morgan fingerprint density at radius 2 is 2.41 bits per heavy atom. The van der Waals surface area contributed by atoms with Gasteiger partial charge in [-0.05, 0) is 19.4 Å². The van der Waals surface area contributed by atoms with Crippen molar-refractivity contribution in [3.63, 3.8) is 0 Å². The van der Waals surface area contributed by atoms with E-state index in [0.29, 0.717) is 23.3 Å². The van der Waals surface area contributed by atoms with Crippen LogP contribution in [-0.2, 0) is 0 Å². The normalized spacial score (nSPS) is 20.6. The number of halogens is 1. The van der Waals surface area contributed by atoms with E-state index in [1.54, 1.807) is 0 Å². The predicted octanol–water partition coefficient (Wildman–Crippen LogP) is 1.67. The molecule has 0 saturated carbocycles. The van der Waals surface area contributed by atoms with Crippen LogP contribution in [0.25, 0.3) is 11.6 Å². The molecule has 0 amide bonds. The second kappa shape index (κ2) is 4.29. The summed E-state index contributed by atoms with van der Waals surface area (Å²) in [6.07, 6.45) is 3.44. The molecule has 2 N–H and O–H groups in total. The van der Waals surface area contributed by atoms with Crippen molar-refractivity contribution in [1.82, 2.24) is 20.4 Å². The van der Waals surface area contributed by atoms with Gasteiger partial charge in [0.25, 0.3) is 5.89 Å². The molecule has 0 radical (unpaired) electrons. The fourth-order valence-corrected chi connectivity index (χ4v) is 2.07. The number of rotatable bonds is 2. The highest BCUT2D eigenvalue weighted by Gasteiger charge is 2.21. The van der Waals surface area contributed by atoms with Crippen molar-refractivity contribution in [1.29, 1.82) is 0 Å². The van der Waals surface area contributed by atoms with Crippen LogP contribution in [0.15, 0.2) is 16.8 Å². The van der Waals surface area contributed by atoms with Crippen molar-refractivity contribution in [3.05, 3.63) is 23.9 Å².